The molecule has 1 aliphatic rings. The van der Waals surface area contributed by atoms with Gasteiger partial charge in [0.05, 0.1) is 17.6 Å². The lowest BCUT2D eigenvalue weighted by molar-refractivity contribution is 0.836. The Morgan fingerprint density at radius 3 is 2.76 bits per heavy atom. The van der Waals surface area contributed by atoms with Gasteiger partial charge in [-0.05, 0) is 66.1 Å². The van der Waals surface area contributed by atoms with E-state index in [0.717, 1.165) is 36.2 Å². The van der Waals surface area contributed by atoms with Crippen molar-refractivity contribution in [1.82, 2.24) is 9.97 Å². The van der Waals surface area contributed by atoms with Gasteiger partial charge in [0.1, 0.15) is 0 Å². The minimum atomic E-state index is 0.539. The number of nitrogens with one attached hydrogen (secondary N) is 1. The van der Waals surface area contributed by atoms with Crippen LogP contribution < -0.4 is 0 Å². The second-order valence-electron chi connectivity index (χ2n) is 6.86. The van der Waals surface area contributed by atoms with E-state index in [0.29, 0.717) is 5.92 Å². The van der Waals surface area contributed by atoms with Crippen molar-refractivity contribution in [2.24, 2.45) is 10.2 Å². The zero-order valence-electron chi connectivity index (χ0n) is 14.7. The van der Waals surface area contributed by atoms with Gasteiger partial charge >= 0.3 is 0 Å². The summed E-state index contributed by atoms with van der Waals surface area (Å²) in [4.78, 5) is 7.58. The number of benzene rings is 1. The van der Waals surface area contributed by atoms with E-state index in [1.165, 1.54) is 22.0 Å². The molecule has 3 aromatic rings. The monoisotopic (exact) mass is 330 g/mol. The number of hydrogen-bond acceptors (Lipinski definition) is 3. The molecule has 1 aromatic carbocycles. The van der Waals surface area contributed by atoms with Gasteiger partial charge < -0.3 is 4.98 Å². The lowest BCUT2D eigenvalue weighted by atomic mass is 9.92. The number of nitrogens with zero attached hydrogens (tertiary/aromatic N) is 3. The van der Waals surface area contributed by atoms with Crippen LogP contribution in [0.1, 0.15) is 55.0 Å². The third kappa shape index (κ3) is 3.12. The first kappa shape index (κ1) is 15.8. The predicted octanol–water partition coefficient (Wildman–Crippen LogP) is 4.85. The summed E-state index contributed by atoms with van der Waals surface area (Å²) in [6, 6.07) is 10.6. The van der Waals surface area contributed by atoms with E-state index >= 15 is 0 Å². The molecule has 2 heterocycles. The number of hydrogen-bond donors (Lipinski definition) is 1. The van der Waals surface area contributed by atoms with E-state index < -0.39 is 0 Å². The van der Waals surface area contributed by atoms with Crippen molar-refractivity contribution in [1.29, 1.82) is 0 Å². The van der Waals surface area contributed by atoms with Crippen molar-refractivity contribution in [2.75, 3.05) is 0 Å². The molecular weight excluding hydrogens is 308 g/mol. The topological polar surface area (TPSA) is 53.4 Å². The summed E-state index contributed by atoms with van der Waals surface area (Å²) < 4.78 is 0. The van der Waals surface area contributed by atoms with Crippen LogP contribution in [0.3, 0.4) is 0 Å². The van der Waals surface area contributed by atoms with Crippen molar-refractivity contribution in [3.63, 3.8) is 0 Å². The van der Waals surface area contributed by atoms with Gasteiger partial charge in [0.15, 0.2) is 0 Å². The Hall–Kier alpha value is -2.75. The molecule has 1 N–H and O–H groups in total. The Bertz CT molecular complexity index is 949. The molecule has 0 fully saturated rings. The molecule has 2 aromatic heterocycles. The van der Waals surface area contributed by atoms with Crippen LogP contribution in [0.2, 0.25) is 0 Å². The highest BCUT2D eigenvalue weighted by atomic mass is 15.2. The Kier molecular flexibility index (Phi) is 4.18. The first-order valence-corrected chi connectivity index (χ1v) is 8.87. The maximum atomic E-state index is 4.51. The Labute approximate surface area is 147 Å². The predicted molar refractivity (Wildman–Crippen MR) is 104 cm³/mol. The van der Waals surface area contributed by atoms with E-state index in [9.17, 15) is 0 Å². The van der Waals surface area contributed by atoms with Gasteiger partial charge in [-0.15, -0.1) is 0 Å². The van der Waals surface area contributed by atoms with Crippen molar-refractivity contribution in [3.8, 4) is 0 Å². The molecule has 0 bridgehead atoms. The average molecular weight is 330 g/mol. The smallest absolute Gasteiger partial charge is 0.0867 e. The molecular formula is C21H22N4. The molecule has 0 saturated heterocycles. The second-order valence-corrected chi connectivity index (χ2v) is 6.86. The van der Waals surface area contributed by atoms with Crippen molar-refractivity contribution in [2.45, 2.75) is 39.0 Å². The van der Waals surface area contributed by atoms with Crippen molar-refractivity contribution >= 4 is 22.8 Å². The minimum absolute atomic E-state index is 0.539. The van der Waals surface area contributed by atoms with Crippen LogP contribution >= 0.6 is 0 Å². The molecule has 126 valence electrons. The second kappa shape index (κ2) is 6.63. The molecule has 4 heteroatoms. The van der Waals surface area contributed by atoms with E-state index in [2.05, 4.69) is 52.2 Å². The van der Waals surface area contributed by atoms with Crippen LogP contribution in [0.4, 0.5) is 0 Å². The highest BCUT2D eigenvalue weighted by Crippen LogP contribution is 2.31. The largest absolute Gasteiger partial charge is 0.353 e. The molecule has 0 aliphatic heterocycles. The van der Waals surface area contributed by atoms with Gasteiger partial charge in [0.25, 0.3) is 0 Å². The summed E-state index contributed by atoms with van der Waals surface area (Å²) in [6.45, 7) is 4.47. The molecule has 25 heavy (non-hydrogen) atoms. The number of aromatic amines is 1. The molecule has 0 spiro atoms. The van der Waals surface area contributed by atoms with E-state index in [4.69, 9.17) is 0 Å². The SMILES string of the molecule is CC(C)c1ccc2[nH]c3c(c2c1)CCCC3=NN=Cc1ccncc1. The zero-order valence-corrected chi connectivity index (χ0v) is 14.7. The van der Waals surface area contributed by atoms with Crippen LogP contribution in [-0.4, -0.2) is 21.9 Å². The lowest BCUT2D eigenvalue weighted by Crippen LogP contribution is -2.10. The number of rotatable bonds is 3. The molecule has 0 radical (unpaired) electrons. The third-order valence-corrected chi connectivity index (χ3v) is 4.82. The zero-order chi connectivity index (χ0) is 17.2. The van der Waals surface area contributed by atoms with Crippen LogP contribution in [0.25, 0.3) is 10.9 Å². The molecule has 4 rings (SSSR count). The average Bonchev–Trinajstić information content (AvgIpc) is 3.01. The van der Waals surface area contributed by atoms with Gasteiger partial charge in [-0.2, -0.15) is 10.2 Å². The molecule has 0 amide bonds. The van der Waals surface area contributed by atoms with Gasteiger partial charge in [-0.1, -0.05) is 19.9 Å². The minimum Gasteiger partial charge on any atom is -0.353 e. The van der Waals surface area contributed by atoms with Crippen molar-refractivity contribution in [3.05, 3.63) is 65.1 Å². The summed E-state index contributed by atoms with van der Waals surface area (Å²) in [5, 5.41) is 10.1. The van der Waals surface area contributed by atoms with E-state index in [-0.39, 0.29) is 0 Å². The van der Waals surface area contributed by atoms with Gasteiger partial charge in [-0.25, -0.2) is 0 Å². The lowest BCUT2D eigenvalue weighted by Gasteiger charge is -2.13. The number of pyridine rings is 1. The Morgan fingerprint density at radius 2 is 1.96 bits per heavy atom. The molecule has 4 nitrogen and oxygen atoms in total. The van der Waals surface area contributed by atoms with E-state index in [1.54, 1.807) is 18.6 Å². The van der Waals surface area contributed by atoms with Crippen LogP contribution in [-0.2, 0) is 6.42 Å². The number of H-pyrrole nitrogens is 1. The summed E-state index contributed by atoms with van der Waals surface area (Å²) in [5.74, 6) is 0.539. The summed E-state index contributed by atoms with van der Waals surface area (Å²) >= 11 is 0. The molecule has 0 atom stereocenters. The number of fused-ring (bicyclic) bond motifs is 3. The fourth-order valence-corrected chi connectivity index (χ4v) is 3.40. The van der Waals surface area contributed by atoms with Crippen LogP contribution in [0.5, 0.6) is 0 Å². The van der Waals surface area contributed by atoms with Crippen LogP contribution in [0.15, 0.2) is 52.9 Å². The highest BCUT2D eigenvalue weighted by molar-refractivity contribution is 6.06. The fourth-order valence-electron chi connectivity index (χ4n) is 3.40. The molecule has 0 unspecified atom stereocenters. The fraction of sp³-hybridized carbons (Fsp3) is 0.286. The molecule has 0 saturated carbocycles. The first-order valence-electron chi connectivity index (χ1n) is 8.87. The summed E-state index contributed by atoms with van der Waals surface area (Å²) in [7, 11) is 0. The highest BCUT2D eigenvalue weighted by Gasteiger charge is 2.21. The van der Waals surface area contributed by atoms with E-state index in [1.807, 2.05) is 12.1 Å². The Balaban J connectivity index is 1.71. The van der Waals surface area contributed by atoms with Gasteiger partial charge in [0, 0.05) is 23.3 Å². The maximum Gasteiger partial charge on any atom is 0.0867 e. The van der Waals surface area contributed by atoms with Crippen LogP contribution in [0, 0.1) is 0 Å². The first-order chi connectivity index (χ1) is 12.2. The summed E-state index contributed by atoms with van der Waals surface area (Å²) in [6.07, 6.45) is 8.49. The number of aryl methyl sites for hydroxylation is 1. The standard InChI is InChI=1S/C21H22N4/c1-14(2)16-6-7-19-18(12-16)17-4-3-5-20(21(17)24-19)25-23-13-15-8-10-22-11-9-15/h6-14,24H,3-5H2,1-2H3. The number of aromatic nitrogens is 2. The summed E-state index contributed by atoms with van der Waals surface area (Å²) in [5.41, 5.74) is 7.19. The molecule has 1 aliphatic carbocycles. The quantitative estimate of drug-likeness (QED) is 0.542. The normalized spacial score (nSPS) is 16.2. The van der Waals surface area contributed by atoms with Crippen molar-refractivity contribution < 1.29 is 0 Å². The third-order valence-electron chi connectivity index (χ3n) is 4.82. The van der Waals surface area contributed by atoms with Gasteiger partial charge in [0.2, 0.25) is 0 Å². The maximum absolute atomic E-state index is 4.51. The van der Waals surface area contributed by atoms with Gasteiger partial charge in [-0.3, -0.25) is 4.98 Å². The Morgan fingerprint density at radius 1 is 1.12 bits per heavy atom.